The number of aryl methyl sites for hydroxylation is 1. The van der Waals surface area contributed by atoms with Crippen molar-refractivity contribution in [2.45, 2.75) is 29.6 Å². The summed E-state index contributed by atoms with van der Waals surface area (Å²) >= 11 is 1.18. The smallest absolute Gasteiger partial charge is 0.262 e. The first kappa shape index (κ1) is 23.7. The predicted octanol–water partition coefficient (Wildman–Crippen LogP) is 2.29. The second-order valence-electron chi connectivity index (χ2n) is 7.45. The Morgan fingerprint density at radius 2 is 1.85 bits per heavy atom. The van der Waals surface area contributed by atoms with Crippen LogP contribution in [0.25, 0.3) is 10.9 Å². The van der Waals surface area contributed by atoms with Gasteiger partial charge < -0.3 is 9.73 Å². The van der Waals surface area contributed by atoms with Crippen molar-refractivity contribution in [2.24, 2.45) is 5.14 Å². The van der Waals surface area contributed by atoms with Crippen LogP contribution in [0.2, 0.25) is 0 Å². The van der Waals surface area contributed by atoms with Crippen LogP contribution in [0, 0.1) is 0 Å². The highest BCUT2D eigenvalue weighted by Crippen LogP contribution is 2.19. The fourth-order valence-electron chi connectivity index (χ4n) is 3.32. The highest BCUT2D eigenvalue weighted by molar-refractivity contribution is 7.99. The molecule has 0 atom stereocenters. The maximum absolute atomic E-state index is 13.2. The lowest BCUT2D eigenvalue weighted by atomic mass is 10.1. The predicted molar refractivity (Wildman–Crippen MR) is 129 cm³/mol. The molecule has 4 rings (SSSR count). The molecule has 11 heteroatoms. The number of amides is 1. The van der Waals surface area contributed by atoms with Gasteiger partial charge in [-0.25, -0.2) is 18.5 Å². The zero-order valence-electron chi connectivity index (χ0n) is 18.0. The molecule has 0 aliphatic carbocycles. The molecule has 0 aliphatic heterocycles. The van der Waals surface area contributed by atoms with Crippen molar-refractivity contribution in [3.8, 4) is 0 Å². The average molecular weight is 499 g/mol. The van der Waals surface area contributed by atoms with Gasteiger partial charge in [-0.3, -0.25) is 14.2 Å². The third-order valence-corrected chi connectivity index (χ3v) is 6.98. The number of carbonyl (C=O) groups excluding carboxylic acids is 1. The van der Waals surface area contributed by atoms with Crippen molar-refractivity contribution in [1.82, 2.24) is 14.9 Å². The van der Waals surface area contributed by atoms with Crippen LogP contribution >= 0.6 is 11.8 Å². The zero-order valence-corrected chi connectivity index (χ0v) is 19.6. The van der Waals surface area contributed by atoms with Crippen molar-refractivity contribution < 1.29 is 17.6 Å². The molecular formula is C23H22N4O5S2. The Morgan fingerprint density at radius 3 is 2.56 bits per heavy atom. The van der Waals surface area contributed by atoms with Gasteiger partial charge in [0.25, 0.3) is 5.56 Å². The number of aromatic nitrogens is 2. The van der Waals surface area contributed by atoms with Crippen LogP contribution in [-0.4, -0.2) is 29.6 Å². The van der Waals surface area contributed by atoms with Crippen molar-refractivity contribution in [1.29, 1.82) is 0 Å². The molecule has 34 heavy (non-hydrogen) atoms. The Bertz CT molecular complexity index is 1460. The van der Waals surface area contributed by atoms with E-state index in [1.165, 1.54) is 30.2 Å². The van der Waals surface area contributed by atoms with Crippen LogP contribution in [0.15, 0.2) is 86.2 Å². The standard InChI is InChI=1S/C23H22N4O5S2/c24-34(30,31)18-9-7-16(8-10-18)11-12-27-22(29)19-5-1-2-6-20(19)26-23(27)33-15-21(28)25-14-17-4-3-13-32-17/h1-10,13H,11-12,14-15H2,(H,25,28)(H2,24,30,31). The number of primary sulfonamides is 1. The molecule has 0 radical (unpaired) electrons. The Labute approximate surface area is 200 Å². The van der Waals surface area contributed by atoms with E-state index in [9.17, 15) is 18.0 Å². The number of thioether (sulfide) groups is 1. The maximum atomic E-state index is 13.2. The first-order chi connectivity index (χ1) is 16.3. The number of rotatable bonds is 9. The van der Waals surface area contributed by atoms with E-state index in [1.807, 2.05) is 0 Å². The minimum atomic E-state index is -3.77. The lowest BCUT2D eigenvalue weighted by molar-refractivity contribution is -0.118. The van der Waals surface area contributed by atoms with Crippen molar-refractivity contribution in [3.63, 3.8) is 0 Å². The second-order valence-corrected chi connectivity index (χ2v) is 9.96. The highest BCUT2D eigenvalue weighted by atomic mass is 32.2. The molecule has 176 valence electrons. The van der Waals surface area contributed by atoms with Crippen LogP contribution in [0.1, 0.15) is 11.3 Å². The summed E-state index contributed by atoms with van der Waals surface area (Å²) < 4.78 is 29.7. The summed E-state index contributed by atoms with van der Waals surface area (Å²) in [6.45, 7) is 0.584. The van der Waals surface area contributed by atoms with E-state index in [2.05, 4.69) is 10.3 Å². The molecule has 9 nitrogen and oxygen atoms in total. The Kier molecular flexibility index (Phi) is 7.15. The molecule has 4 aromatic rings. The SMILES string of the molecule is NS(=O)(=O)c1ccc(CCn2c(SCC(=O)NCc3ccco3)nc3ccccc3c2=O)cc1. The van der Waals surface area contributed by atoms with E-state index >= 15 is 0 Å². The van der Waals surface area contributed by atoms with Crippen LogP contribution in [0.3, 0.4) is 0 Å². The summed E-state index contributed by atoms with van der Waals surface area (Å²) in [6.07, 6.45) is 2.00. The first-order valence-corrected chi connectivity index (χ1v) is 12.9. The van der Waals surface area contributed by atoms with Crippen molar-refractivity contribution in [2.75, 3.05) is 5.75 Å². The minimum absolute atomic E-state index is 0.0256. The van der Waals surface area contributed by atoms with Crippen LogP contribution in [0.5, 0.6) is 0 Å². The molecule has 0 saturated carbocycles. The molecule has 0 spiro atoms. The van der Waals surface area contributed by atoms with Gasteiger partial charge in [0.05, 0.1) is 34.4 Å². The number of benzene rings is 2. The Morgan fingerprint density at radius 1 is 1.09 bits per heavy atom. The van der Waals surface area contributed by atoms with Crippen LogP contribution < -0.4 is 16.0 Å². The summed E-state index contributed by atoms with van der Waals surface area (Å²) in [4.78, 5) is 30.1. The topological polar surface area (TPSA) is 137 Å². The number of furan rings is 1. The number of nitrogens with one attached hydrogen (secondary N) is 1. The molecule has 0 aliphatic rings. The summed E-state index contributed by atoms with van der Waals surface area (Å²) in [5.41, 5.74) is 1.18. The van der Waals surface area contributed by atoms with Gasteiger partial charge in [0, 0.05) is 6.54 Å². The van der Waals surface area contributed by atoms with Gasteiger partial charge in [0.2, 0.25) is 15.9 Å². The normalized spacial score (nSPS) is 11.6. The molecular weight excluding hydrogens is 476 g/mol. The molecule has 0 saturated heterocycles. The van der Waals surface area contributed by atoms with Gasteiger partial charge in [0.15, 0.2) is 5.16 Å². The Balaban J connectivity index is 1.52. The molecule has 2 aromatic heterocycles. The summed E-state index contributed by atoms with van der Waals surface area (Å²) in [6, 6.07) is 16.8. The molecule has 2 heterocycles. The lowest BCUT2D eigenvalue weighted by Crippen LogP contribution is -2.27. The Hall–Kier alpha value is -3.41. The third kappa shape index (κ3) is 5.74. The second kappa shape index (κ2) is 10.2. The van der Waals surface area contributed by atoms with E-state index in [4.69, 9.17) is 9.56 Å². The number of nitrogens with two attached hydrogens (primary N) is 1. The van der Waals surface area contributed by atoms with Gasteiger partial charge in [-0.15, -0.1) is 0 Å². The largest absolute Gasteiger partial charge is 0.467 e. The minimum Gasteiger partial charge on any atom is -0.467 e. The van der Waals surface area contributed by atoms with Gasteiger partial charge in [-0.2, -0.15) is 0 Å². The quantitative estimate of drug-likeness (QED) is 0.267. The summed E-state index contributed by atoms with van der Waals surface area (Å²) in [7, 11) is -3.77. The van der Waals surface area contributed by atoms with Gasteiger partial charge >= 0.3 is 0 Å². The van der Waals surface area contributed by atoms with E-state index in [1.54, 1.807) is 53.1 Å². The molecule has 0 unspecified atom stereocenters. The van der Waals surface area contributed by atoms with Crippen molar-refractivity contribution >= 4 is 38.6 Å². The molecule has 3 N–H and O–H groups in total. The summed E-state index contributed by atoms with van der Waals surface area (Å²) in [5, 5.41) is 8.84. The molecule has 0 bridgehead atoms. The van der Waals surface area contributed by atoms with Crippen LogP contribution in [0.4, 0.5) is 0 Å². The number of hydrogen-bond donors (Lipinski definition) is 2. The lowest BCUT2D eigenvalue weighted by Gasteiger charge is -2.13. The maximum Gasteiger partial charge on any atom is 0.262 e. The van der Waals surface area contributed by atoms with E-state index in [0.29, 0.717) is 34.8 Å². The fourth-order valence-corrected chi connectivity index (χ4v) is 4.69. The van der Waals surface area contributed by atoms with E-state index < -0.39 is 10.0 Å². The molecule has 1 amide bonds. The summed E-state index contributed by atoms with van der Waals surface area (Å²) in [5.74, 6) is 0.510. The van der Waals surface area contributed by atoms with Gasteiger partial charge in [0.1, 0.15) is 5.76 Å². The monoisotopic (exact) mass is 498 g/mol. The first-order valence-electron chi connectivity index (χ1n) is 10.3. The number of carbonyl (C=O) groups is 1. The number of nitrogens with zero attached hydrogens (tertiary/aromatic N) is 2. The number of hydrogen-bond acceptors (Lipinski definition) is 7. The highest BCUT2D eigenvalue weighted by Gasteiger charge is 2.14. The van der Waals surface area contributed by atoms with Crippen molar-refractivity contribution in [3.05, 3.63) is 88.6 Å². The zero-order chi connectivity index (χ0) is 24.1. The fraction of sp³-hybridized carbons (Fsp3) is 0.174. The van der Waals surface area contributed by atoms with Crippen LogP contribution in [-0.2, 0) is 34.3 Å². The average Bonchev–Trinajstić information content (AvgIpc) is 3.34. The van der Waals surface area contributed by atoms with E-state index in [0.717, 1.165) is 5.56 Å². The number of sulfonamides is 1. The van der Waals surface area contributed by atoms with Gasteiger partial charge in [-0.05, 0) is 48.4 Å². The van der Waals surface area contributed by atoms with Gasteiger partial charge in [-0.1, -0.05) is 36.0 Å². The number of para-hydroxylation sites is 1. The molecule has 0 fully saturated rings. The molecule has 2 aromatic carbocycles. The third-order valence-electron chi connectivity index (χ3n) is 5.07. The van der Waals surface area contributed by atoms with E-state index in [-0.39, 0.29) is 28.7 Å². The number of fused-ring (bicyclic) bond motifs is 1.